The zero-order valence-electron chi connectivity index (χ0n) is 10.7. The molecule has 2 aromatic carbocycles. The highest BCUT2D eigenvalue weighted by molar-refractivity contribution is 6.17. The smallest absolute Gasteiger partial charge is 0.129 e. The Labute approximate surface area is 119 Å². The van der Waals surface area contributed by atoms with Crippen molar-refractivity contribution in [2.75, 3.05) is 0 Å². The number of rotatable bonds is 2. The molecule has 0 saturated heterocycles. The van der Waals surface area contributed by atoms with Gasteiger partial charge in [0.2, 0.25) is 0 Å². The summed E-state index contributed by atoms with van der Waals surface area (Å²) < 4.78 is 28.6. The summed E-state index contributed by atoms with van der Waals surface area (Å²) in [6, 6.07) is 9.01. The van der Waals surface area contributed by atoms with Gasteiger partial charge >= 0.3 is 0 Å². The topological polar surface area (TPSA) is 17.8 Å². The van der Waals surface area contributed by atoms with E-state index in [0.717, 1.165) is 5.56 Å². The van der Waals surface area contributed by atoms with Crippen molar-refractivity contribution in [3.05, 3.63) is 59.4 Å². The first kappa shape index (κ1) is 13.1. The van der Waals surface area contributed by atoms with E-state index in [1.54, 1.807) is 10.6 Å². The second-order valence-corrected chi connectivity index (χ2v) is 4.88. The third kappa shape index (κ3) is 2.16. The number of hydrogen-bond donors (Lipinski definition) is 0. The summed E-state index contributed by atoms with van der Waals surface area (Å²) in [5.74, 6) is 0.0201. The molecule has 3 aromatic rings. The van der Waals surface area contributed by atoms with Gasteiger partial charge in [0, 0.05) is 6.07 Å². The Hall–Kier alpha value is -1.94. The molecule has 0 saturated carbocycles. The van der Waals surface area contributed by atoms with E-state index in [1.807, 2.05) is 13.0 Å². The van der Waals surface area contributed by atoms with Crippen LogP contribution in [0.5, 0.6) is 0 Å². The Morgan fingerprint density at radius 1 is 1.10 bits per heavy atom. The third-order valence-corrected chi connectivity index (χ3v) is 3.33. The molecule has 0 N–H and O–H groups in total. The molecule has 0 spiro atoms. The molecule has 0 aliphatic heterocycles. The van der Waals surface area contributed by atoms with Gasteiger partial charge in [-0.05, 0) is 42.8 Å². The van der Waals surface area contributed by atoms with E-state index in [2.05, 4.69) is 4.98 Å². The van der Waals surface area contributed by atoms with E-state index in [0.29, 0.717) is 22.5 Å². The predicted octanol–water partition coefficient (Wildman–Crippen LogP) is 4.35. The Kier molecular flexibility index (Phi) is 3.18. The maximum atomic E-state index is 13.6. The molecule has 0 aliphatic rings. The Balaban J connectivity index is 2.33. The highest BCUT2D eigenvalue weighted by Crippen LogP contribution is 2.24. The van der Waals surface area contributed by atoms with Crippen molar-refractivity contribution in [3.63, 3.8) is 0 Å². The second-order valence-electron chi connectivity index (χ2n) is 4.62. The molecule has 5 heteroatoms. The number of halogens is 3. The quantitative estimate of drug-likeness (QED) is 0.642. The van der Waals surface area contributed by atoms with E-state index in [9.17, 15) is 8.78 Å². The normalized spacial score (nSPS) is 11.2. The molecule has 0 radical (unpaired) electrons. The first-order valence-corrected chi connectivity index (χ1v) is 6.62. The highest BCUT2D eigenvalue weighted by Gasteiger charge is 2.13. The van der Waals surface area contributed by atoms with Crippen LogP contribution in [-0.2, 0) is 5.88 Å². The lowest BCUT2D eigenvalue weighted by Crippen LogP contribution is -2.00. The molecule has 0 aliphatic carbocycles. The molecule has 3 rings (SSSR count). The summed E-state index contributed by atoms with van der Waals surface area (Å²) in [5.41, 5.74) is 2.63. The van der Waals surface area contributed by atoms with Gasteiger partial charge in [-0.1, -0.05) is 0 Å². The molecule has 20 heavy (non-hydrogen) atoms. The average Bonchev–Trinajstić information content (AvgIpc) is 2.74. The Morgan fingerprint density at radius 3 is 2.60 bits per heavy atom. The fourth-order valence-corrected chi connectivity index (χ4v) is 2.51. The van der Waals surface area contributed by atoms with Gasteiger partial charge in [-0.15, -0.1) is 11.6 Å². The number of benzene rings is 2. The van der Waals surface area contributed by atoms with E-state index < -0.39 is 0 Å². The number of fused-ring (bicyclic) bond motifs is 1. The lowest BCUT2D eigenvalue weighted by atomic mass is 10.2. The Morgan fingerprint density at radius 2 is 1.90 bits per heavy atom. The van der Waals surface area contributed by atoms with Crippen LogP contribution < -0.4 is 0 Å². The monoisotopic (exact) mass is 292 g/mol. The van der Waals surface area contributed by atoms with Gasteiger partial charge in [-0.25, -0.2) is 13.8 Å². The summed E-state index contributed by atoms with van der Waals surface area (Å²) >= 11 is 5.90. The van der Waals surface area contributed by atoms with Crippen molar-refractivity contribution < 1.29 is 8.78 Å². The van der Waals surface area contributed by atoms with Crippen LogP contribution in [0.1, 0.15) is 11.4 Å². The number of aryl methyl sites for hydroxylation is 1. The van der Waals surface area contributed by atoms with Gasteiger partial charge in [0.15, 0.2) is 0 Å². The average molecular weight is 293 g/mol. The van der Waals surface area contributed by atoms with E-state index in [1.165, 1.54) is 24.3 Å². The van der Waals surface area contributed by atoms with Crippen molar-refractivity contribution in [2.45, 2.75) is 12.8 Å². The van der Waals surface area contributed by atoms with Crippen LogP contribution in [0.4, 0.5) is 8.78 Å². The number of alkyl halides is 1. The predicted molar refractivity (Wildman–Crippen MR) is 75.3 cm³/mol. The van der Waals surface area contributed by atoms with Gasteiger partial charge < -0.3 is 0 Å². The van der Waals surface area contributed by atoms with Crippen LogP contribution in [-0.4, -0.2) is 9.55 Å². The summed E-state index contributed by atoms with van der Waals surface area (Å²) in [4.78, 5) is 4.30. The maximum absolute atomic E-state index is 13.6. The summed E-state index contributed by atoms with van der Waals surface area (Å²) in [7, 11) is 0. The summed E-state index contributed by atoms with van der Waals surface area (Å²) in [6.45, 7) is 1.81. The summed E-state index contributed by atoms with van der Waals surface area (Å²) in [5, 5.41) is 0. The minimum atomic E-state index is -0.362. The van der Waals surface area contributed by atoms with E-state index >= 15 is 0 Å². The Bertz CT molecular complexity index is 776. The molecule has 0 amide bonds. The van der Waals surface area contributed by atoms with Crippen LogP contribution in [0.25, 0.3) is 16.7 Å². The SMILES string of the molecule is Cc1cc(F)cc(-n2c(CCl)nc3cc(F)ccc32)c1. The molecule has 2 nitrogen and oxygen atoms in total. The first-order chi connectivity index (χ1) is 9.58. The van der Waals surface area contributed by atoms with Gasteiger partial charge in [0.1, 0.15) is 17.5 Å². The van der Waals surface area contributed by atoms with Crippen molar-refractivity contribution in [1.82, 2.24) is 9.55 Å². The molecule has 1 aromatic heterocycles. The molecular formula is C15H11ClF2N2. The van der Waals surface area contributed by atoms with Crippen LogP contribution >= 0.6 is 11.6 Å². The number of aromatic nitrogens is 2. The van der Waals surface area contributed by atoms with Crippen LogP contribution in [0, 0.1) is 18.6 Å². The van der Waals surface area contributed by atoms with Gasteiger partial charge in [0.25, 0.3) is 0 Å². The number of hydrogen-bond acceptors (Lipinski definition) is 1. The standard InChI is InChI=1S/C15H11ClF2N2/c1-9-4-11(18)6-12(5-9)20-14-3-2-10(17)7-13(14)19-15(20)8-16/h2-7H,8H2,1H3. The van der Waals surface area contributed by atoms with Crippen LogP contribution in [0.3, 0.4) is 0 Å². The lowest BCUT2D eigenvalue weighted by molar-refractivity contribution is 0.625. The molecule has 1 heterocycles. The molecule has 0 atom stereocenters. The van der Waals surface area contributed by atoms with Crippen LogP contribution in [0.15, 0.2) is 36.4 Å². The third-order valence-electron chi connectivity index (χ3n) is 3.09. The molecule has 0 unspecified atom stereocenters. The maximum Gasteiger partial charge on any atom is 0.129 e. The largest absolute Gasteiger partial charge is 0.295 e. The number of imidazole rings is 1. The fourth-order valence-electron chi connectivity index (χ4n) is 2.33. The molecular weight excluding hydrogens is 282 g/mol. The van der Waals surface area contributed by atoms with E-state index in [4.69, 9.17) is 11.6 Å². The molecule has 0 fully saturated rings. The van der Waals surface area contributed by atoms with Crippen molar-refractivity contribution >= 4 is 22.6 Å². The lowest BCUT2D eigenvalue weighted by Gasteiger charge is -2.09. The van der Waals surface area contributed by atoms with Gasteiger partial charge in [0.05, 0.1) is 22.6 Å². The molecule has 102 valence electrons. The second kappa shape index (κ2) is 4.87. The zero-order chi connectivity index (χ0) is 14.3. The zero-order valence-corrected chi connectivity index (χ0v) is 11.5. The fraction of sp³-hybridized carbons (Fsp3) is 0.133. The van der Waals surface area contributed by atoms with Crippen molar-refractivity contribution in [2.24, 2.45) is 0 Å². The minimum absolute atomic E-state index is 0.159. The summed E-state index contributed by atoms with van der Waals surface area (Å²) in [6.07, 6.45) is 0. The molecule has 0 bridgehead atoms. The van der Waals surface area contributed by atoms with Crippen molar-refractivity contribution in [1.29, 1.82) is 0 Å². The van der Waals surface area contributed by atoms with Gasteiger partial charge in [-0.2, -0.15) is 0 Å². The van der Waals surface area contributed by atoms with Crippen molar-refractivity contribution in [3.8, 4) is 5.69 Å². The van der Waals surface area contributed by atoms with E-state index in [-0.39, 0.29) is 17.5 Å². The highest BCUT2D eigenvalue weighted by atomic mass is 35.5. The van der Waals surface area contributed by atoms with Gasteiger partial charge in [-0.3, -0.25) is 4.57 Å². The first-order valence-electron chi connectivity index (χ1n) is 6.09. The van der Waals surface area contributed by atoms with Crippen LogP contribution in [0.2, 0.25) is 0 Å². The number of nitrogens with zero attached hydrogens (tertiary/aromatic N) is 2. The minimum Gasteiger partial charge on any atom is -0.295 e.